The minimum Gasteiger partial charge on any atom is -0.462 e. The van der Waals surface area contributed by atoms with E-state index in [2.05, 4.69) is 167 Å². The monoisotopic (exact) mass is 1440 g/mol. The molecule has 0 aliphatic heterocycles. The molecule has 0 saturated heterocycles. The van der Waals surface area contributed by atoms with Gasteiger partial charge in [-0.05, 0) is 148 Å². The minimum atomic E-state index is -5.00. The number of phosphoric ester groups is 2. The maximum absolute atomic E-state index is 13.1. The van der Waals surface area contributed by atoms with Crippen molar-refractivity contribution in [2.45, 2.75) is 290 Å². The van der Waals surface area contributed by atoms with Crippen LogP contribution in [0.15, 0.2) is 158 Å². The molecule has 5 atom stereocenters. The van der Waals surface area contributed by atoms with E-state index in [0.29, 0.717) is 32.1 Å². The Morgan fingerprint density at radius 3 is 0.870 bits per heavy atom. The minimum absolute atomic E-state index is 0.0268. The van der Waals surface area contributed by atoms with E-state index in [1.165, 1.54) is 12.8 Å². The highest BCUT2D eigenvalue weighted by molar-refractivity contribution is 7.47. The van der Waals surface area contributed by atoms with Gasteiger partial charge >= 0.3 is 39.5 Å². The number of hydrogen-bond donors (Lipinski definition) is 3. The molecule has 0 aromatic carbocycles. The Morgan fingerprint density at radius 2 is 0.540 bits per heavy atom. The van der Waals surface area contributed by atoms with Crippen molar-refractivity contribution in [2.24, 2.45) is 0 Å². The Hall–Kier alpha value is -5.32. The van der Waals surface area contributed by atoms with Crippen LogP contribution in [0.4, 0.5) is 0 Å². The van der Waals surface area contributed by atoms with E-state index < -0.39 is 97.5 Å². The molecule has 0 radical (unpaired) electrons. The second-order valence-corrected chi connectivity index (χ2v) is 27.3. The fourth-order valence-electron chi connectivity index (χ4n) is 9.31. The molecule has 5 unspecified atom stereocenters. The molecule has 568 valence electrons. The predicted molar refractivity (Wildman–Crippen MR) is 408 cm³/mol. The summed E-state index contributed by atoms with van der Waals surface area (Å²) in [6.45, 7) is 4.33. The summed E-state index contributed by atoms with van der Waals surface area (Å²) in [5.74, 6) is -2.33. The van der Waals surface area contributed by atoms with Gasteiger partial charge in [0.25, 0.3) is 0 Å². The highest BCUT2D eigenvalue weighted by atomic mass is 31.2. The lowest BCUT2D eigenvalue weighted by molar-refractivity contribution is -0.161. The van der Waals surface area contributed by atoms with Crippen molar-refractivity contribution in [1.29, 1.82) is 0 Å². The number of unbranched alkanes of at least 4 members (excludes halogenated alkanes) is 17. The summed E-state index contributed by atoms with van der Waals surface area (Å²) in [4.78, 5) is 72.8. The van der Waals surface area contributed by atoms with Gasteiger partial charge in [0.1, 0.15) is 19.3 Å². The molecule has 17 nitrogen and oxygen atoms in total. The van der Waals surface area contributed by atoms with Gasteiger partial charge < -0.3 is 33.8 Å². The lowest BCUT2D eigenvalue weighted by Crippen LogP contribution is -2.30. The van der Waals surface area contributed by atoms with E-state index in [9.17, 15) is 43.2 Å². The van der Waals surface area contributed by atoms with Crippen LogP contribution in [0.25, 0.3) is 0 Å². The topological polar surface area (TPSA) is 237 Å². The van der Waals surface area contributed by atoms with Crippen LogP contribution >= 0.6 is 15.6 Å². The number of phosphoric acid groups is 2. The van der Waals surface area contributed by atoms with Gasteiger partial charge in [-0.3, -0.25) is 37.3 Å². The van der Waals surface area contributed by atoms with Gasteiger partial charge in [0.15, 0.2) is 12.2 Å². The summed E-state index contributed by atoms with van der Waals surface area (Å²) in [7, 11) is -9.99. The lowest BCUT2D eigenvalue weighted by Gasteiger charge is -2.21. The number of allylic oxidation sites excluding steroid dienone is 26. The van der Waals surface area contributed by atoms with E-state index in [-0.39, 0.29) is 25.7 Å². The lowest BCUT2D eigenvalue weighted by atomic mass is 10.1. The van der Waals surface area contributed by atoms with Crippen molar-refractivity contribution in [3.05, 3.63) is 158 Å². The van der Waals surface area contributed by atoms with E-state index in [4.69, 9.17) is 37.0 Å². The summed E-state index contributed by atoms with van der Waals surface area (Å²) in [5, 5.41) is 10.6. The fourth-order valence-corrected chi connectivity index (χ4v) is 10.9. The number of aliphatic hydroxyl groups is 1. The maximum Gasteiger partial charge on any atom is 0.472 e. The molecule has 0 amide bonds. The highest BCUT2D eigenvalue weighted by Gasteiger charge is 2.30. The zero-order valence-corrected chi connectivity index (χ0v) is 63.6. The van der Waals surface area contributed by atoms with Crippen LogP contribution in [-0.2, 0) is 65.4 Å². The molecule has 0 rings (SSSR count). The largest absolute Gasteiger partial charge is 0.472 e. The first kappa shape index (κ1) is 94.7. The third-order valence-corrected chi connectivity index (χ3v) is 16.9. The smallest absolute Gasteiger partial charge is 0.462 e. The fraction of sp³-hybridized carbons (Fsp3) is 0.630. The molecular weight excluding hydrogens is 1310 g/mol. The number of hydrogen-bond acceptors (Lipinski definition) is 15. The van der Waals surface area contributed by atoms with E-state index in [0.717, 1.165) is 173 Å². The number of carbonyl (C=O) groups is 4. The van der Waals surface area contributed by atoms with E-state index in [1.807, 2.05) is 18.2 Å². The summed E-state index contributed by atoms with van der Waals surface area (Å²) in [5.41, 5.74) is 0. The molecule has 100 heavy (non-hydrogen) atoms. The second-order valence-electron chi connectivity index (χ2n) is 24.4. The highest BCUT2D eigenvalue weighted by Crippen LogP contribution is 2.45. The van der Waals surface area contributed by atoms with Crippen molar-refractivity contribution < 1.29 is 80.2 Å². The molecule has 0 heterocycles. The molecule has 19 heteroatoms. The van der Waals surface area contributed by atoms with Gasteiger partial charge in [0.2, 0.25) is 0 Å². The Morgan fingerprint density at radius 1 is 0.290 bits per heavy atom. The molecule has 0 aromatic rings. The van der Waals surface area contributed by atoms with Crippen LogP contribution in [0, 0.1) is 0 Å². The summed E-state index contributed by atoms with van der Waals surface area (Å²) in [6.07, 6.45) is 82.6. The predicted octanol–water partition coefficient (Wildman–Crippen LogP) is 21.7. The molecule has 0 aliphatic carbocycles. The molecule has 3 N–H and O–H groups in total. The molecular formula is C81H132O17P2. The first-order chi connectivity index (χ1) is 48.7. The molecule has 0 bridgehead atoms. The van der Waals surface area contributed by atoms with Gasteiger partial charge in [0.05, 0.1) is 26.4 Å². The van der Waals surface area contributed by atoms with Crippen LogP contribution in [0.2, 0.25) is 0 Å². The number of rotatable bonds is 69. The first-order valence-corrected chi connectivity index (χ1v) is 40.7. The van der Waals surface area contributed by atoms with E-state index >= 15 is 0 Å². The third-order valence-electron chi connectivity index (χ3n) is 15.0. The van der Waals surface area contributed by atoms with Gasteiger partial charge in [-0.25, -0.2) is 9.13 Å². The quantitative estimate of drug-likeness (QED) is 0.0169. The van der Waals surface area contributed by atoms with Crippen LogP contribution in [0.3, 0.4) is 0 Å². The normalized spacial score (nSPS) is 14.8. The van der Waals surface area contributed by atoms with Crippen LogP contribution in [0.1, 0.15) is 272 Å². The second kappa shape index (κ2) is 72.0. The van der Waals surface area contributed by atoms with Crippen LogP contribution < -0.4 is 0 Å². The number of esters is 4. The Balaban J connectivity index is 5.44. The summed E-state index contributed by atoms with van der Waals surface area (Å²) < 4.78 is 68.3. The molecule has 0 spiro atoms. The van der Waals surface area contributed by atoms with Crippen molar-refractivity contribution in [3.63, 3.8) is 0 Å². The third kappa shape index (κ3) is 71.1. The average Bonchev–Trinajstić information content (AvgIpc) is 0.985. The van der Waals surface area contributed by atoms with Crippen molar-refractivity contribution in [2.75, 3.05) is 39.6 Å². The Bertz CT molecular complexity index is 2520. The van der Waals surface area contributed by atoms with Crippen molar-refractivity contribution in [3.8, 4) is 0 Å². The van der Waals surface area contributed by atoms with Gasteiger partial charge in [-0.1, -0.05) is 256 Å². The van der Waals surface area contributed by atoms with Gasteiger partial charge in [0, 0.05) is 25.7 Å². The average molecular weight is 1440 g/mol. The first-order valence-electron chi connectivity index (χ1n) is 37.7. The van der Waals surface area contributed by atoms with Gasteiger partial charge in [-0.15, -0.1) is 0 Å². The zero-order chi connectivity index (χ0) is 73.2. The molecule has 0 aliphatic rings. The number of ether oxygens (including phenoxy) is 4. The summed E-state index contributed by atoms with van der Waals surface area (Å²) >= 11 is 0. The standard InChI is InChI=1S/C81H132O17P2/c1-5-9-13-17-21-25-29-32-35-36-37-38-41-43-47-50-54-58-62-66-79(84)92-72-77(98-81(86)68-64-60-56-52-48-44-40-34-31-27-23-19-15-11-7-3)74-96-100(89,90)94-70-75(82)69-93-99(87,88)95-73-76(97-80(85)67-63-59-55-51-45-28-24-20-16-12-8-4)71-91-78(83)65-61-57-53-49-46-42-39-33-30-26-22-18-14-10-6-2/h9-11,13-15,20-27,32-35,37-40,43,47,54,58,75-77,82H,5-8,12,16-19,28-31,36,41-42,44-46,48-53,55-57,59-74H2,1-4H3,(H,87,88)(H,89,90)/b13-9-,14-10-,15-11-,24-20-,25-21-,26-22-,27-23-,35-32-,38-37-,39-33-,40-34-,47-43-,58-54-. The Kier molecular flexibility index (Phi) is 68.2. The van der Waals surface area contributed by atoms with Crippen LogP contribution in [-0.4, -0.2) is 96.7 Å². The number of aliphatic hydroxyl groups excluding tert-OH is 1. The maximum atomic E-state index is 13.1. The Labute approximate surface area is 604 Å². The van der Waals surface area contributed by atoms with E-state index in [1.54, 1.807) is 0 Å². The SMILES string of the molecule is CC/C=C\C/C=C\C/C=C\C/C=C\C/C=C\C/C=C\CCC(=O)OCC(COP(=O)(O)OCC(O)COP(=O)(O)OCC(COC(=O)CCCCCCC/C=C\C/C=C\C/C=C\CC)OC(=O)CCCCCCC/C=C\CCCC)OC(=O)CCCCCCC/C=C\C/C=C\C/C=C\CC. The molecule has 0 fully saturated rings. The molecule has 0 saturated carbocycles. The zero-order valence-electron chi connectivity index (χ0n) is 61.8. The molecule has 0 aromatic heterocycles. The van der Waals surface area contributed by atoms with Crippen LogP contribution in [0.5, 0.6) is 0 Å². The van der Waals surface area contributed by atoms with Crippen molar-refractivity contribution >= 4 is 39.5 Å². The van der Waals surface area contributed by atoms with Crippen molar-refractivity contribution in [1.82, 2.24) is 0 Å². The van der Waals surface area contributed by atoms with Gasteiger partial charge in [-0.2, -0.15) is 0 Å². The number of carbonyl (C=O) groups excluding carboxylic acids is 4. The summed E-state index contributed by atoms with van der Waals surface area (Å²) in [6, 6.07) is 0.